The highest BCUT2D eigenvalue weighted by molar-refractivity contribution is 5.69. The molecular formula is C54H107N3O3. The van der Waals surface area contributed by atoms with Crippen LogP contribution < -0.4 is 5.73 Å². The zero-order valence-corrected chi connectivity index (χ0v) is 40.8. The Morgan fingerprint density at radius 1 is 0.433 bits per heavy atom. The van der Waals surface area contributed by atoms with Crippen LogP contribution in [0.25, 0.3) is 0 Å². The average molecular weight is 846 g/mol. The molecule has 0 saturated heterocycles. The molecule has 0 saturated carbocycles. The van der Waals surface area contributed by atoms with Gasteiger partial charge >= 0.3 is 5.97 Å². The number of hydrogen-bond acceptors (Lipinski definition) is 6. The molecule has 0 aromatic rings. The quantitative estimate of drug-likeness (QED) is 0.0361. The van der Waals surface area contributed by atoms with Crippen LogP contribution in [0, 0.1) is 0 Å². The van der Waals surface area contributed by atoms with Gasteiger partial charge in [-0.3, -0.25) is 4.79 Å². The van der Waals surface area contributed by atoms with Gasteiger partial charge < -0.3 is 25.4 Å². The molecule has 356 valence electrons. The van der Waals surface area contributed by atoms with Gasteiger partial charge in [0, 0.05) is 26.1 Å². The van der Waals surface area contributed by atoms with Gasteiger partial charge in [-0.2, -0.15) is 0 Å². The van der Waals surface area contributed by atoms with Crippen LogP contribution in [0.2, 0.25) is 0 Å². The van der Waals surface area contributed by atoms with E-state index in [1.807, 2.05) is 0 Å². The van der Waals surface area contributed by atoms with Crippen LogP contribution >= 0.6 is 0 Å². The van der Waals surface area contributed by atoms with E-state index in [0.29, 0.717) is 13.0 Å². The summed E-state index contributed by atoms with van der Waals surface area (Å²) in [5.74, 6) is -0.00124. The molecule has 0 amide bonds. The largest absolute Gasteiger partial charge is 0.466 e. The lowest BCUT2D eigenvalue weighted by Crippen LogP contribution is -2.31. The van der Waals surface area contributed by atoms with E-state index in [1.54, 1.807) is 0 Å². The zero-order valence-electron chi connectivity index (χ0n) is 40.8. The minimum Gasteiger partial charge on any atom is -0.466 e. The average Bonchev–Trinajstić information content (AvgIpc) is 3.25. The number of unbranched alkanes of at least 4 members (excludes halogenated alkanes) is 31. The number of rotatable bonds is 51. The van der Waals surface area contributed by atoms with Crippen molar-refractivity contribution in [3.05, 3.63) is 24.3 Å². The van der Waals surface area contributed by atoms with E-state index >= 15 is 0 Å². The Kier molecular flexibility index (Phi) is 51.1. The van der Waals surface area contributed by atoms with E-state index in [2.05, 4.69) is 48.0 Å². The Morgan fingerprint density at radius 3 is 1.22 bits per heavy atom. The van der Waals surface area contributed by atoms with Crippen molar-refractivity contribution in [3.8, 4) is 0 Å². The van der Waals surface area contributed by atoms with Crippen molar-refractivity contribution in [2.45, 2.75) is 258 Å². The van der Waals surface area contributed by atoms with Crippen molar-refractivity contribution < 1.29 is 14.6 Å². The van der Waals surface area contributed by atoms with Crippen molar-refractivity contribution in [2.75, 3.05) is 59.0 Å². The maximum absolute atomic E-state index is 12.2. The van der Waals surface area contributed by atoms with Crippen LogP contribution in [0.5, 0.6) is 0 Å². The monoisotopic (exact) mass is 846 g/mol. The van der Waals surface area contributed by atoms with Crippen molar-refractivity contribution in [3.63, 3.8) is 0 Å². The Bertz CT molecular complexity index is 880. The Labute approximate surface area is 376 Å². The van der Waals surface area contributed by atoms with Gasteiger partial charge in [0.25, 0.3) is 0 Å². The number of esters is 1. The summed E-state index contributed by atoms with van der Waals surface area (Å²) in [6, 6.07) is 0. The summed E-state index contributed by atoms with van der Waals surface area (Å²) in [6.45, 7) is 12.7. The van der Waals surface area contributed by atoms with E-state index in [-0.39, 0.29) is 12.6 Å². The lowest BCUT2D eigenvalue weighted by atomic mass is 10.1. The summed E-state index contributed by atoms with van der Waals surface area (Å²) in [5, 5.41) is 9.54. The van der Waals surface area contributed by atoms with Gasteiger partial charge in [-0.05, 0) is 96.8 Å². The zero-order chi connectivity index (χ0) is 43.5. The molecule has 0 aliphatic rings. The molecule has 0 aliphatic carbocycles. The molecule has 0 rings (SSSR count). The molecule has 0 aromatic carbocycles. The molecule has 0 unspecified atom stereocenters. The Balaban J connectivity index is 3.54. The van der Waals surface area contributed by atoms with Crippen molar-refractivity contribution in [2.24, 2.45) is 5.73 Å². The highest BCUT2D eigenvalue weighted by Crippen LogP contribution is 2.14. The number of carbonyl (C=O) groups excluding carboxylic acids is 1. The number of nitrogens with zero attached hydrogens (tertiary/aromatic N) is 2. The first-order valence-electron chi connectivity index (χ1n) is 26.9. The lowest BCUT2D eigenvalue weighted by molar-refractivity contribution is -0.143. The molecule has 6 heteroatoms. The maximum Gasteiger partial charge on any atom is 0.305 e. The fourth-order valence-corrected chi connectivity index (χ4v) is 8.39. The third-order valence-electron chi connectivity index (χ3n) is 12.4. The summed E-state index contributed by atoms with van der Waals surface area (Å²) >= 11 is 0. The van der Waals surface area contributed by atoms with Crippen LogP contribution in [0.4, 0.5) is 0 Å². The molecule has 0 atom stereocenters. The molecule has 0 fully saturated rings. The molecule has 0 radical (unpaired) electrons. The van der Waals surface area contributed by atoms with Crippen molar-refractivity contribution in [1.82, 2.24) is 9.80 Å². The van der Waals surface area contributed by atoms with Gasteiger partial charge in [0.05, 0.1) is 13.2 Å². The minimum atomic E-state index is -0.00124. The lowest BCUT2D eigenvalue weighted by Gasteiger charge is -2.21. The Hall–Kier alpha value is -1.21. The SMILES string of the molecule is CCCCC/C=C\C/C=C\CCCCCCCCN(CCO)CCCCCCCCCCOC(=O)CCCCCCCCCN(CCN)CCCCCCCCCCCC. The summed E-state index contributed by atoms with van der Waals surface area (Å²) in [4.78, 5) is 17.2. The minimum absolute atomic E-state index is 0.00124. The topological polar surface area (TPSA) is 79.0 Å². The highest BCUT2D eigenvalue weighted by Gasteiger charge is 2.06. The van der Waals surface area contributed by atoms with E-state index < -0.39 is 0 Å². The number of aliphatic hydroxyl groups is 1. The molecule has 0 spiro atoms. The van der Waals surface area contributed by atoms with Crippen LogP contribution in [0.1, 0.15) is 258 Å². The van der Waals surface area contributed by atoms with E-state index in [9.17, 15) is 9.90 Å². The third-order valence-corrected chi connectivity index (χ3v) is 12.4. The van der Waals surface area contributed by atoms with Gasteiger partial charge in [-0.25, -0.2) is 0 Å². The number of hydrogen-bond donors (Lipinski definition) is 2. The van der Waals surface area contributed by atoms with Gasteiger partial charge in [0.2, 0.25) is 0 Å². The first kappa shape index (κ1) is 58.8. The van der Waals surface area contributed by atoms with Gasteiger partial charge in [0.1, 0.15) is 0 Å². The summed E-state index contributed by atoms with van der Waals surface area (Å²) in [7, 11) is 0. The van der Waals surface area contributed by atoms with E-state index in [1.165, 1.54) is 219 Å². The first-order chi connectivity index (χ1) is 29.7. The number of carbonyl (C=O) groups is 1. The summed E-state index contributed by atoms with van der Waals surface area (Å²) < 4.78 is 5.52. The molecule has 0 aromatic heterocycles. The maximum atomic E-state index is 12.2. The highest BCUT2D eigenvalue weighted by atomic mass is 16.5. The van der Waals surface area contributed by atoms with Crippen LogP contribution in [-0.2, 0) is 9.53 Å². The number of nitrogens with two attached hydrogens (primary N) is 1. The molecule has 0 aliphatic heterocycles. The van der Waals surface area contributed by atoms with Crippen LogP contribution in [-0.4, -0.2) is 79.9 Å². The predicted octanol–water partition coefficient (Wildman–Crippen LogP) is 15.1. The molecule has 6 nitrogen and oxygen atoms in total. The standard InChI is InChI=1S/C54H107N3O3/c1-3-5-7-9-11-13-15-16-17-18-19-20-22-28-35-41-48-57(51-52-58)49-42-36-29-23-24-31-37-43-53-60-54(59)44-38-32-26-25-30-34-40-47-56(50-45-55)46-39-33-27-21-14-12-10-8-6-4-2/h11,13,16-17,58H,3-10,12,14-15,18-53,55H2,1-2H3/b13-11-,17-16-. The van der Waals surface area contributed by atoms with Crippen LogP contribution in [0.3, 0.4) is 0 Å². The van der Waals surface area contributed by atoms with Gasteiger partial charge in [-0.15, -0.1) is 0 Å². The summed E-state index contributed by atoms with van der Waals surface area (Å²) in [5.41, 5.74) is 5.90. The first-order valence-corrected chi connectivity index (χ1v) is 26.9. The van der Waals surface area contributed by atoms with Crippen molar-refractivity contribution >= 4 is 5.97 Å². The Morgan fingerprint density at radius 2 is 0.783 bits per heavy atom. The molecular weight excluding hydrogens is 739 g/mol. The second-order valence-corrected chi connectivity index (χ2v) is 18.2. The smallest absolute Gasteiger partial charge is 0.305 e. The molecule has 3 N–H and O–H groups in total. The van der Waals surface area contributed by atoms with Gasteiger partial charge in [-0.1, -0.05) is 205 Å². The molecule has 0 bridgehead atoms. The van der Waals surface area contributed by atoms with E-state index in [0.717, 1.165) is 64.8 Å². The summed E-state index contributed by atoms with van der Waals surface area (Å²) in [6.07, 6.45) is 57.7. The molecule has 0 heterocycles. The number of ether oxygens (including phenoxy) is 1. The van der Waals surface area contributed by atoms with Crippen molar-refractivity contribution in [1.29, 1.82) is 0 Å². The normalized spacial score (nSPS) is 12.0. The van der Waals surface area contributed by atoms with Gasteiger partial charge in [0.15, 0.2) is 0 Å². The fourth-order valence-electron chi connectivity index (χ4n) is 8.39. The second-order valence-electron chi connectivity index (χ2n) is 18.2. The third kappa shape index (κ3) is 47.8. The predicted molar refractivity (Wildman–Crippen MR) is 265 cm³/mol. The van der Waals surface area contributed by atoms with E-state index in [4.69, 9.17) is 10.5 Å². The van der Waals surface area contributed by atoms with Crippen LogP contribution in [0.15, 0.2) is 24.3 Å². The molecule has 60 heavy (non-hydrogen) atoms. The second kappa shape index (κ2) is 52.1. The number of allylic oxidation sites excluding steroid dienone is 4. The fraction of sp³-hybridized carbons (Fsp3) is 0.907. The number of aliphatic hydroxyl groups excluding tert-OH is 1.